The van der Waals surface area contributed by atoms with E-state index in [2.05, 4.69) is 4.90 Å². The Labute approximate surface area is 205 Å². The van der Waals surface area contributed by atoms with Crippen molar-refractivity contribution in [2.75, 3.05) is 19.6 Å². The quantitative estimate of drug-likeness (QED) is 0.445. The number of carboxylic acid groups (broad SMARTS) is 1. The lowest BCUT2D eigenvalue weighted by atomic mass is 9.72. The van der Waals surface area contributed by atoms with Gasteiger partial charge in [0.2, 0.25) is 5.60 Å². The molecule has 2 aromatic carbocycles. The number of hydrogen-bond donors (Lipinski definition) is 1. The standard InChI is InChI=1S/C28H34F3NO3/c29-28(30,31)27(23-7-3-1-4-8-23,35-25-9-5-2-6-10-25)24-13-11-21(12-14-24)22-15-18-32(19-16-22)20-17-26(33)34/h2,5-6,9-14,22-23H,1,3-4,7-8,15-20H2,(H,33,34). The summed E-state index contributed by atoms with van der Waals surface area (Å²) in [6.07, 6.45) is 0.784. The van der Waals surface area contributed by atoms with Gasteiger partial charge >= 0.3 is 12.1 Å². The summed E-state index contributed by atoms with van der Waals surface area (Å²) in [4.78, 5) is 13.0. The summed E-state index contributed by atoms with van der Waals surface area (Å²) in [6.45, 7) is 2.13. The van der Waals surface area contributed by atoms with Crippen LogP contribution in [0.25, 0.3) is 0 Å². The van der Waals surface area contributed by atoms with Crippen LogP contribution < -0.4 is 4.74 Å². The van der Waals surface area contributed by atoms with Crippen LogP contribution in [-0.2, 0) is 10.4 Å². The van der Waals surface area contributed by atoms with Gasteiger partial charge < -0.3 is 14.7 Å². The molecule has 1 saturated carbocycles. The molecule has 1 unspecified atom stereocenters. The maximum Gasteiger partial charge on any atom is 0.432 e. The zero-order chi connectivity index (χ0) is 24.9. The number of ether oxygens (including phenoxy) is 1. The number of carboxylic acids is 1. The minimum Gasteiger partial charge on any atom is -0.481 e. The number of benzene rings is 2. The van der Waals surface area contributed by atoms with Gasteiger partial charge in [-0.1, -0.05) is 61.7 Å². The predicted octanol–water partition coefficient (Wildman–Crippen LogP) is 6.76. The molecule has 2 aliphatic rings. The first kappa shape index (κ1) is 25.5. The summed E-state index contributed by atoms with van der Waals surface area (Å²) in [7, 11) is 0. The first-order chi connectivity index (χ1) is 16.8. The molecule has 1 saturated heterocycles. The number of carbonyl (C=O) groups is 1. The summed E-state index contributed by atoms with van der Waals surface area (Å²) in [6, 6.07) is 15.3. The van der Waals surface area contributed by atoms with E-state index in [1.807, 2.05) is 12.1 Å². The second kappa shape index (κ2) is 11.0. The van der Waals surface area contributed by atoms with E-state index >= 15 is 0 Å². The van der Waals surface area contributed by atoms with Crippen LogP contribution in [0.15, 0.2) is 54.6 Å². The van der Waals surface area contributed by atoms with E-state index in [0.29, 0.717) is 19.4 Å². The molecule has 0 bridgehead atoms. The number of hydrogen-bond acceptors (Lipinski definition) is 3. The average molecular weight is 490 g/mol. The monoisotopic (exact) mass is 489 g/mol. The molecule has 0 aromatic heterocycles. The predicted molar refractivity (Wildman–Crippen MR) is 128 cm³/mol. The van der Waals surface area contributed by atoms with Gasteiger partial charge in [0.15, 0.2) is 0 Å². The fraction of sp³-hybridized carbons (Fsp3) is 0.536. The first-order valence-electron chi connectivity index (χ1n) is 12.6. The minimum atomic E-state index is -4.57. The number of likely N-dealkylation sites (tertiary alicyclic amines) is 1. The number of alkyl halides is 3. The minimum absolute atomic E-state index is 0.126. The van der Waals surface area contributed by atoms with Crippen molar-refractivity contribution in [1.29, 1.82) is 0 Å². The molecule has 0 spiro atoms. The molecule has 1 N–H and O–H groups in total. The van der Waals surface area contributed by atoms with Crippen molar-refractivity contribution in [3.8, 4) is 5.75 Å². The molecule has 0 radical (unpaired) electrons. The second-order valence-corrected chi connectivity index (χ2v) is 9.87. The van der Waals surface area contributed by atoms with Crippen molar-refractivity contribution >= 4 is 5.97 Å². The van der Waals surface area contributed by atoms with Crippen LogP contribution in [0, 0.1) is 5.92 Å². The van der Waals surface area contributed by atoms with Crippen molar-refractivity contribution in [1.82, 2.24) is 4.90 Å². The number of halogens is 3. The third-order valence-corrected chi connectivity index (χ3v) is 7.66. The van der Waals surface area contributed by atoms with Crippen molar-refractivity contribution in [3.05, 3.63) is 65.7 Å². The summed E-state index contributed by atoms with van der Waals surface area (Å²) in [5, 5.41) is 8.89. The SMILES string of the molecule is O=C(O)CCN1CCC(c2ccc(C(Oc3ccccc3)(C3CCCCC3)C(F)(F)F)cc2)CC1. The molecular weight excluding hydrogens is 455 g/mol. The van der Waals surface area contributed by atoms with Crippen LogP contribution in [-0.4, -0.2) is 41.8 Å². The van der Waals surface area contributed by atoms with Crippen LogP contribution in [0.2, 0.25) is 0 Å². The number of para-hydroxylation sites is 1. The lowest BCUT2D eigenvalue weighted by Crippen LogP contribution is -2.53. The van der Waals surface area contributed by atoms with Crippen molar-refractivity contribution in [2.45, 2.75) is 69.1 Å². The molecular formula is C28H34F3NO3. The van der Waals surface area contributed by atoms with Crippen LogP contribution >= 0.6 is 0 Å². The molecule has 4 nitrogen and oxygen atoms in total. The van der Waals surface area contributed by atoms with E-state index in [4.69, 9.17) is 9.84 Å². The third kappa shape index (κ3) is 5.83. The van der Waals surface area contributed by atoms with E-state index in [9.17, 15) is 18.0 Å². The lowest BCUT2D eigenvalue weighted by Gasteiger charge is -2.44. The maximum absolute atomic E-state index is 15.0. The van der Waals surface area contributed by atoms with Crippen molar-refractivity contribution < 1.29 is 27.8 Å². The zero-order valence-electron chi connectivity index (χ0n) is 20.0. The molecule has 1 heterocycles. The van der Waals surface area contributed by atoms with Gasteiger partial charge in [0.25, 0.3) is 0 Å². The van der Waals surface area contributed by atoms with E-state index < -0.39 is 23.7 Å². The molecule has 1 atom stereocenters. The molecule has 4 rings (SSSR count). The van der Waals surface area contributed by atoms with Gasteiger partial charge in [-0.3, -0.25) is 4.79 Å². The summed E-state index contributed by atoms with van der Waals surface area (Å²) in [5.41, 5.74) is -1.18. The Morgan fingerprint density at radius 1 is 0.914 bits per heavy atom. The van der Waals surface area contributed by atoms with Gasteiger partial charge in [0.1, 0.15) is 5.75 Å². The molecule has 2 fully saturated rings. The molecule has 2 aromatic rings. The molecule has 190 valence electrons. The van der Waals surface area contributed by atoms with Crippen LogP contribution in [0.5, 0.6) is 5.75 Å². The lowest BCUT2D eigenvalue weighted by molar-refractivity contribution is -0.278. The summed E-state index contributed by atoms with van der Waals surface area (Å²) >= 11 is 0. The highest BCUT2D eigenvalue weighted by molar-refractivity contribution is 5.66. The normalized spacial score (nSPS) is 20.3. The average Bonchev–Trinajstić information content (AvgIpc) is 2.87. The Hall–Kier alpha value is -2.54. The summed E-state index contributed by atoms with van der Waals surface area (Å²) in [5.74, 6) is -0.949. The van der Waals surface area contributed by atoms with Crippen LogP contribution in [0.1, 0.15) is 68.4 Å². The molecule has 0 amide bonds. The largest absolute Gasteiger partial charge is 0.481 e. The van der Waals surface area contributed by atoms with Gasteiger partial charge in [-0.25, -0.2) is 0 Å². The van der Waals surface area contributed by atoms with E-state index in [-0.39, 0.29) is 23.7 Å². The van der Waals surface area contributed by atoms with E-state index in [1.165, 1.54) is 0 Å². The Bertz CT molecular complexity index is 950. The van der Waals surface area contributed by atoms with Crippen molar-refractivity contribution in [3.63, 3.8) is 0 Å². The van der Waals surface area contributed by atoms with Crippen LogP contribution in [0.3, 0.4) is 0 Å². The number of piperidine rings is 1. The number of aliphatic carboxylic acids is 1. The highest BCUT2D eigenvalue weighted by Gasteiger charge is 2.62. The van der Waals surface area contributed by atoms with Gasteiger partial charge in [-0.05, 0) is 62.4 Å². The van der Waals surface area contributed by atoms with Gasteiger partial charge in [-0.2, -0.15) is 13.2 Å². The Balaban J connectivity index is 1.59. The second-order valence-electron chi connectivity index (χ2n) is 9.87. The Morgan fingerprint density at radius 2 is 1.54 bits per heavy atom. The molecule has 35 heavy (non-hydrogen) atoms. The highest BCUT2D eigenvalue weighted by Crippen LogP contribution is 2.52. The molecule has 1 aliphatic heterocycles. The topological polar surface area (TPSA) is 49.8 Å². The van der Waals surface area contributed by atoms with E-state index in [0.717, 1.165) is 50.8 Å². The highest BCUT2D eigenvalue weighted by atomic mass is 19.4. The number of rotatable bonds is 8. The van der Waals surface area contributed by atoms with Gasteiger partial charge in [-0.15, -0.1) is 0 Å². The fourth-order valence-corrected chi connectivity index (χ4v) is 5.76. The molecule has 1 aliphatic carbocycles. The Kier molecular flexibility index (Phi) is 8.05. The van der Waals surface area contributed by atoms with Gasteiger partial charge in [0.05, 0.1) is 6.42 Å². The smallest absolute Gasteiger partial charge is 0.432 e. The maximum atomic E-state index is 15.0. The molecule has 7 heteroatoms. The first-order valence-corrected chi connectivity index (χ1v) is 12.6. The van der Waals surface area contributed by atoms with Crippen LogP contribution in [0.4, 0.5) is 13.2 Å². The summed E-state index contributed by atoms with van der Waals surface area (Å²) < 4.78 is 50.9. The zero-order valence-corrected chi connectivity index (χ0v) is 20.0. The number of nitrogens with zero attached hydrogens (tertiary/aromatic N) is 1. The third-order valence-electron chi connectivity index (χ3n) is 7.66. The Morgan fingerprint density at radius 3 is 2.11 bits per heavy atom. The fourth-order valence-electron chi connectivity index (χ4n) is 5.76. The van der Waals surface area contributed by atoms with Gasteiger partial charge in [0, 0.05) is 18.0 Å². The van der Waals surface area contributed by atoms with Crippen molar-refractivity contribution in [2.24, 2.45) is 5.92 Å². The van der Waals surface area contributed by atoms with E-state index in [1.54, 1.807) is 42.5 Å².